The lowest BCUT2D eigenvalue weighted by atomic mass is 10.0. The lowest BCUT2D eigenvalue weighted by Crippen LogP contribution is -2.51. The third kappa shape index (κ3) is 2.64. The number of fused-ring (bicyclic) bond motifs is 3. The van der Waals surface area contributed by atoms with E-state index in [1.54, 1.807) is 36.4 Å². The molecule has 0 bridgehead atoms. The fraction of sp³-hybridized carbons (Fsp3) is 0.188. The Morgan fingerprint density at radius 2 is 1.88 bits per heavy atom. The average Bonchev–Trinajstić information content (AvgIpc) is 2.83. The van der Waals surface area contributed by atoms with Gasteiger partial charge in [-0.15, -0.1) is 0 Å². The van der Waals surface area contributed by atoms with Crippen molar-refractivity contribution in [2.75, 3.05) is 4.31 Å². The number of benzene rings is 2. The summed E-state index contributed by atoms with van der Waals surface area (Å²) in [5.74, 6) is -1.21. The van der Waals surface area contributed by atoms with Crippen LogP contribution >= 0.6 is 11.6 Å². The van der Waals surface area contributed by atoms with Crippen LogP contribution < -0.4 is 4.31 Å². The fourth-order valence-electron chi connectivity index (χ4n) is 2.56. The lowest BCUT2D eigenvalue weighted by Gasteiger charge is -2.32. The molecule has 8 heteroatoms. The molecule has 6 nitrogen and oxygen atoms in total. The highest BCUT2D eigenvalue weighted by Crippen LogP contribution is 2.35. The molecule has 1 heterocycles. The third-order valence-electron chi connectivity index (χ3n) is 3.84. The van der Waals surface area contributed by atoms with Gasteiger partial charge < -0.3 is 9.52 Å². The van der Waals surface area contributed by atoms with E-state index in [0.29, 0.717) is 27.3 Å². The Labute approximate surface area is 145 Å². The number of halogens is 1. The molecule has 1 atom stereocenters. The van der Waals surface area contributed by atoms with Crippen LogP contribution in [0.1, 0.15) is 13.8 Å². The molecule has 24 heavy (non-hydrogen) atoms. The summed E-state index contributed by atoms with van der Waals surface area (Å²) >= 11 is 3.45. The van der Waals surface area contributed by atoms with Crippen molar-refractivity contribution in [2.24, 2.45) is 0 Å². The van der Waals surface area contributed by atoms with E-state index in [1.807, 2.05) is 0 Å². The topological polar surface area (TPSA) is 91.0 Å². The van der Waals surface area contributed by atoms with Crippen molar-refractivity contribution < 1.29 is 23.1 Å². The number of nitrogens with zero attached hydrogens (tertiary/aromatic N) is 1. The number of rotatable bonds is 4. The molecule has 0 amide bonds. The van der Waals surface area contributed by atoms with E-state index >= 15 is 0 Å². The van der Waals surface area contributed by atoms with E-state index in [9.17, 15) is 18.7 Å². The van der Waals surface area contributed by atoms with E-state index in [-0.39, 0.29) is 0 Å². The first kappa shape index (κ1) is 16.8. The highest BCUT2D eigenvalue weighted by atomic mass is 35.5. The summed E-state index contributed by atoms with van der Waals surface area (Å²) in [6.45, 7) is 2.72. The number of furan rings is 1. The molecular weight excluding hydrogens is 354 g/mol. The molecule has 1 aromatic heterocycles. The first-order valence-corrected chi connectivity index (χ1v) is 8.42. The van der Waals surface area contributed by atoms with Crippen LogP contribution in [-0.4, -0.2) is 25.4 Å². The number of hydrogen-bond acceptors (Lipinski definition) is 3. The summed E-state index contributed by atoms with van der Waals surface area (Å²) in [7, 11) is 0. The SMILES string of the molecule is CC(C)(C(=O)O)N(c1ccc2oc3cc(Cl)ccc3c2c1)S(=O)O. The minimum Gasteiger partial charge on any atom is -0.479 e. The minimum absolute atomic E-state index is 0.299. The van der Waals surface area contributed by atoms with Crippen molar-refractivity contribution in [1.29, 1.82) is 0 Å². The van der Waals surface area contributed by atoms with Gasteiger partial charge in [-0.05, 0) is 44.2 Å². The van der Waals surface area contributed by atoms with Gasteiger partial charge in [-0.1, -0.05) is 11.6 Å². The van der Waals surface area contributed by atoms with Gasteiger partial charge in [0.2, 0.25) is 0 Å². The Morgan fingerprint density at radius 1 is 1.17 bits per heavy atom. The van der Waals surface area contributed by atoms with Crippen molar-refractivity contribution in [3.8, 4) is 0 Å². The highest BCUT2D eigenvalue weighted by molar-refractivity contribution is 7.80. The molecule has 0 radical (unpaired) electrons. The lowest BCUT2D eigenvalue weighted by molar-refractivity contribution is -0.141. The van der Waals surface area contributed by atoms with Gasteiger partial charge in [-0.2, -0.15) is 0 Å². The second kappa shape index (κ2) is 5.77. The third-order valence-corrected chi connectivity index (χ3v) is 5.05. The minimum atomic E-state index is -2.51. The highest BCUT2D eigenvalue weighted by Gasteiger charge is 2.38. The monoisotopic (exact) mass is 367 g/mol. The van der Waals surface area contributed by atoms with E-state index in [2.05, 4.69) is 0 Å². The van der Waals surface area contributed by atoms with Crippen molar-refractivity contribution in [2.45, 2.75) is 19.4 Å². The smallest absolute Gasteiger partial charge is 0.330 e. The van der Waals surface area contributed by atoms with Gasteiger partial charge in [-0.25, -0.2) is 9.00 Å². The first-order chi connectivity index (χ1) is 11.2. The molecule has 3 rings (SSSR count). The number of carboxylic acid groups (broad SMARTS) is 1. The van der Waals surface area contributed by atoms with Crippen LogP contribution in [0.2, 0.25) is 5.02 Å². The zero-order valence-electron chi connectivity index (χ0n) is 12.8. The second-order valence-electron chi connectivity index (χ2n) is 5.81. The molecule has 0 aliphatic heterocycles. The number of hydrogen-bond donors (Lipinski definition) is 2. The summed E-state index contributed by atoms with van der Waals surface area (Å²) < 4.78 is 28.0. The van der Waals surface area contributed by atoms with Crippen LogP contribution in [0.15, 0.2) is 40.8 Å². The van der Waals surface area contributed by atoms with E-state index in [1.165, 1.54) is 13.8 Å². The summed E-state index contributed by atoms with van der Waals surface area (Å²) in [5, 5.41) is 11.4. The summed E-state index contributed by atoms with van der Waals surface area (Å²) in [6.07, 6.45) is 0. The summed E-state index contributed by atoms with van der Waals surface area (Å²) in [5.41, 5.74) is -0.110. The molecule has 0 saturated heterocycles. The molecule has 2 aromatic carbocycles. The molecule has 1 unspecified atom stereocenters. The number of aliphatic carboxylic acids is 1. The first-order valence-electron chi connectivity index (χ1n) is 6.98. The Morgan fingerprint density at radius 3 is 2.50 bits per heavy atom. The zero-order chi connectivity index (χ0) is 17.6. The molecular formula is C16H14ClNO5S. The van der Waals surface area contributed by atoms with Gasteiger partial charge in [-0.3, -0.25) is 8.86 Å². The Bertz CT molecular complexity index is 981. The van der Waals surface area contributed by atoms with Gasteiger partial charge >= 0.3 is 5.97 Å². The van der Waals surface area contributed by atoms with E-state index < -0.39 is 22.8 Å². The van der Waals surface area contributed by atoms with Gasteiger partial charge in [0.05, 0.1) is 5.69 Å². The molecule has 3 aromatic rings. The largest absolute Gasteiger partial charge is 0.479 e. The van der Waals surface area contributed by atoms with Crippen LogP contribution in [0.25, 0.3) is 21.9 Å². The Kier molecular flexibility index (Phi) is 4.03. The summed E-state index contributed by atoms with van der Waals surface area (Å²) in [6, 6.07) is 10.00. The summed E-state index contributed by atoms with van der Waals surface area (Å²) in [4.78, 5) is 11.5. The molecule has 126 valence electrons. The molecule has 0 spiro atoms. The van der Waals surface area contributed by atoms with Crippen molar-refractivity contribution in [3.63, 3.8) is 0 Å². The van der Waals surface area contributed by atoms with Crippen LogP contribution in [0.5, 0.6) is 0 Å². The van der Waals surface area contributed by atoms with Crippen LogP contribution in [0.4, 0.5) is 5.69 Å². The number of carboxylic acids is 1. The maximum Gasteiger partial charge on any atom is 0.330 e. The second-order valence-corrected chi connectivity index (χ2v) is 7.08. The van der Waals surface area contributed by atoms with Crippen molar-refractivity contribution >= 4 is 56.5 Å². The number of carbonyl (C=O) groups is 1. The van der Waals surface area contributed by atoms with Crippen molar-refractivity contribution in [1.82, 2.24) is 0 Å². The van der Waals surface area contributed by atoms with Crippen molar-refractivity contribution in [3.05, 3.63) is 41.4 Å². The quantitative estimate of drug-likeness (QED) is 0.679. The molecule has 0 saturated carbocycles. The molecule has 2 N–H and O–H groups in total. The maximum absolute atomic E-state index is 11.8. The molecule has 0 fully saturated rings. The van der Waals surface area contributed by atoms with E-state index in [0.717, 1.165) is 9.69 Å². The zero-order valence-corrected chi connectivity index (χ0v) is 14.4. The molecule has 0 aliphatic rings. The van der Waals surface area contributed by atoms with E-state index in [4.69, 9.17) is 16.0 Å². The normalized spacial score (nSPS) is 13.3. The van der Waals surface area contributed by atoms with Gasteiger partial charge in [0, 0.05) is 21.9 Å². The van der Waals surface area contributed by atoms with Gasteiger partial charge in [0.15, 0.2) is 0 Å². The van der Waals surface area contributed by atoms with Gasteiger partial charge in [0.25, 0.3) is 11.3 Å². The molecule has 0 aliphatic carbocycles. The van der Waals surface area contributed by atoms with Crippen LogP contribution in [-0.2, 0) is 16.1 Å². The van der Waals surface area contributed by atoms with Crippen LogP contribution in [0.3, 0.4) is 0 Å². The standard InChI is InChI=1S/C16H14ClNO5S/c1-16(2,15(19)20)18(24(21)22)10-4-6-13-12(8-10)11-5-3-9(17)7-14(11)23-13/h3-8H,1-2H3,(H,19,20)(H,21,22). The van der Waals surface area contributed by atoms with Crippen LogP contribution in [0, 0.1) is 0 Å². The predicted molar refractivity (Wildman–Crippen MR) is 93.7 cm³/mol. The average molecular weight is 368 g/mol. The fourth-order valence-corrected chi connectivity index (χ4v) is 3.48. The Hall–Kier alpha value is -2.09. The maximum atomic E-state index is 11.8. The predicted octanol–water partition coefficient (Wildman–Crippen LogP) is 4.05. The van der Waals surface area contributed by atoms with Gasteiger partial charge in [0.1, 0.15) is 16.7 Å². The number of anilines is 1. The Balaban J connectivity index is 2.23.